The molecular formula is C22H18ClNOS. The SMILES string of the molecule is O=C(c1ccc(-c2cccc(Cl)c2)s1)N1CC=C(c2ccccc2)CC1. The van der Waals surface area contributed by atoms with Crippen LogP contribution in [0, 0.1) is 0 Å². The molecule has 26 heavy (non-hydrogen) atoms. The lowest BCUT2D eigenvalue weighted by atomic mass is 9.99. The molecule has 4 heteroatoms. The van der Waals surface area contributed by atoms with Gasteiger partial charge in [-0.3, -0.25) is 4.79 Å². The molecule has 1 aromatic heterocycles. The molecule has 2 nitrogen and oxygen atoms in total. The van der Waals surface area contributed by atoms with Crippen LogP contribution in [-0.4, -0.2) is 23.9 Å². The van der Waals surface area contributed by atoms with Crippen molar-refractivity contribution in [3.8, 4) is 10.4 Å². The molecule has 0 bridgehead atoms. The van der Waals surface area contributed by atoms with E-state index in [0.29, 0.717) is 11.6 Å². The van der Waals surface area contributed by atoms with Crippen molar-refractivity contribution >= 4 is 34.4 Å². The van der Waals surface area contributed by atoms with Gasteiger partial charge in [-0.05, 0) is 47.4 Å². The van der Waals surface area contributed by atoms with Gasteiger partial charge in [0, 0.05) is 23.0 Å². The molecule has 1 aliphatic heterocycles. The zero-order chi connectivity index (χ0) is 17.9. The van der Waals surface area contributed by atoms with Gasteiger partial charge < -0.3 is 4.90 Å². The summed E-state index contributed by atoms with van der Waals surface area (Å²) in [4.78, 5) is 16.6. The Morgan fingerprint density at radius 2 is 1.77 bits per heavy atom. The zero-order valence-corrected chi connectivity index (χ0v) is 15.8. The summed E-state index contributed by atoms with van der Waals surface area (Å²) < 4.78 is 0. The predicted molar refractivity (Wildman–Crippen MR) is 110 cm³/mol. The third kappa shape index (κ3) is 3.59. The molecule has 2 heterocycles. The van der Waals surface area contributed by atoms with Crippen LogP contribution in [-0.2, 0) is 0 Å². The van der Waals surface area contributed by atoms with Crippen LogP contribution in [0.4, 0.5) is 0 Å². The fourth-order valence-electron chi connectivity index (χ4n) is 3.17. The van der Waals surface area contributed by atoms with E-state index in [4.69, 9.17) is 11.6 Å². The lowest BCUT2D eigenvalue weighted by molar-refractivity contribution is 0.0777. The van der Waals surface area contributed by atoms with E-state index < -0.39 is 0 Å². The Balaban J connectivity index is 1.48. The topological polar surface area (TPSA) is 20.3 Å². The summed E-state index contributed by atoms with van der Waals surface area (Å²) in [7, 11) is 0. The van der Waals surface area contributed by atoms with Crippen LogP contribution < -0.4 is 0 Å². The second kappa shape index (κ2) is 7.48. The maximum absolute atomic E-state index is 12.8. The lowest BCUT2D eigenvalue weighted by Crippen LogP contribution is -2.34. The van der Waals surface area contributed by atoms with Gasteiger partial charge in [0.05, 0.1) is 4.88 Å². The van der Waals surface area contributed by atoms with E-state index in [1.54, 1.807) is 0 Å². The zero-order valence-electron chi connectivity index (χ0n) is 14.2. The number of hydrogen-bond acceptors (Lipinski definition) is 2. The summed E-state index contributed by atoms with van der Waals surface area (Å²) >= 11 is 7.60. The van der Waals surface area contributed by atoms with Gasteiger partial charge in [-0.2, -0.15) is 0 Å². The predicted octanol–water partition coefficient (Wildman–Crippen LogP) is 6.00. The maximum Gasteiger partial charge on any atom is 0.264 e. The lowest BCUT2D eigenvalue weighted by Gasteiger charge is -2.26. The minimum absolute atomic E-state index is 0.103. The molecule has 0 N–H and O–H groups in total. The normalized spacial score (nSPS) is 14.2. The Morgan fingerprint density at radius 3 is 2.50 bits per heavy atom. The number of hydrogen-bond donors (Lipinski definition) is 0. The van der Waals surface area contributed by atoms with E-state index >= 15 is 0 Å². The number of carbonyl (C=O) groups is 1. The smallest absolute Gasteiger partial charge is 0.264 e. The average Bonchev–Trinajstić information content (AvgIpc) is 3.18. The molecule has 1 aliphatic rings. The first-order chi connectivity index (χ1) is 12.7. The summed E-state index contributed by atoms with van der Waals surface area (Å²) in [6.45, 7) is 1.41. The van der Waals surface area contributed by atoms with Crippen molar-refractivity contribution < 1.29 is 4.79 Å². The molecule has 130 valence electrons. The molecule has 0 saturated carbocycles. The number of rotatable bonds is 3. The highest BCUT2D eigenvalue weighted by molar-refractivity contribution is 7.17. The average molecular weight is 380 g/mol. The summed E-state index contributed by atoms with van der Waals surface area (Å²) in [6.07, 6.45) is 3.06. The first-order valence-electron chi connectivity index (χ1n) is 8.60. The van der Waals surface area contributed by atoms with Crippen LogP contribution in [0.1, 0.15) is 21.7 Å². The highest BCUT2D eigenvalue weighted by atomic mass is 35.5. The summed E-state index contributed by atoms with van der Waals surface area (Å²) in [6, 6.07) is 22.0. The van der Waals surface area contributed by atoms with E-state index in [1.807, 2.05) is 47.4 Å². The second-order valence-electron chi connectivity index (χ2n) is 6.27. The van der Waals surface area contributed by atoms with Crippen molar-refractivity contribution in [2.24, 2.45) is 0 Å². The number of carbonyl (C=O) groups excluding carboxylic acids is 1. The molecular weight excluding hydrogens is 362 g/mol. The largest absolute Gasteiger partial charge is 0.334 e. The maximum atomic E-state index is 12.8. The number of nitrogens with zero attached hydrogens (tertiary/aromatic N) is 1. The molecule has 0 fully saturated rings. The number of halogens is 1. The minimum atomic E-state index is 0.103. The first kappa shape index (κ1) is 17.1. The van der Waals surface area contributed by atoms with E-state index in [9.17, 15) is 4.79 Å². The first-order valence-corrected chi connectivity index (χ1v) is 9.80. The van der Waals surface area contributed by atoms with Crippen LogP contribution >= 0.6 is 22.9 Å². The van der Waals surface area contributed by atoms with Crippen molar-refractivity contribution in [3.05, 3.63) is 88.3 Å². The Bertz CT molecular complexity index is 961. The van der Waals surface area contributed by atoms with E-state index in [0.717, 1.165) is 28.3 Å². The second-order valence-corrected chi connectivity index (χ2v) is 7.79. The third-order valence-corrected chi connectivity index (χ3v) is 5.92. The van der Waals surface area contributed by atoms with Gasteiger partial charge in [0.2, 0.25) is 0 Å². The van der Waals surface area contributed by atoms with Crippen molar-refractivity contribution in [1.29, 1.82) is 0 Å². The molecule has 0 saturated heterocycles. The molecule has 0 aliphatic carbocycles. The summed E-state index contributed by atoms with van der Waals surface area (Å²) in [5.41, 5.74) is 3.62. The van der Waals surface area contributed by atoms with Crippen LogP contribution in [0.3, 0.4) is 0 Å². The molecule has 4 rings (SSSR count). The van der Waals surface area contributed by atoms with Gasteiger partial charge in [-0.1, -0.05) is 60.1 Å². The van der Waals surface area contributed by atoms with Gasteiger partial charge >= 0.3 is 0 Å². The number of benzene rings is 2. The van der Waals surface area contributed by atoms with E-state index in [2.05, 4.69) is 30.3 Å². The van der Waals surface area contributed by atoms with Crippen LogP contribution in [0.5, 0.6) is 0 Å². The standard InChI is InChI=1S/C22H18ClNOS/c23-19-8-4-7-18(15-19)20-9-10-21(26-20)22(25)24-13-11-17(12-14-24)16-5-2-1-3-6-16/h1-11,15H,12-14H2. The third-order valence-electron chi connectivity index (χ3n) is 4.57. The highest BCUT2D eigenvalue weighted by Gasteiger charge is 2.21. The number of thiophene rings is 1. The van der Waals surface area contributed by atoms with Gasteiger partial charge in [0.15, 0.2) is 0 Å². The fraction of sp³-hybridized carbons (Fsp3) is 0.136. The van der Waals surface area contributed by atoms with Crippen LogP contribution in [0.25, 0.3) is 16.0 Å². The van der Waals surface area contributed by atoms with Gasteiger partial charge in [-0.15, -0.1) is 11.3 Å². The summed E-state index contributed by atoms with van der Waals surface area (Å²) in [5, 5.41) is 0.707. The minimum Gasteiger partial charge on any atom is -0.334 e. The van der Waals surface area contributed by atoms with Crippen molar-refractivity contribution in [2.75, 3.05) is 13.1 Å². The van der Waals surface area contributed by atoms with Crippen molar-refractivity contribution in [2.45, 2.75) is 6.42 Å². The quantitative estimate of drug-likeness (QED) is 0.546. The highest BCUT2D eigenvalue weighted by Crippen LogP contribution is 2.31. The van der Waals surface area contributed by atoms with Crippen LogP contribution in [0.2, 0.25) is 5.02 Å². The molecule has 0 radical (unpaired) electrons. The Kier molecular flexibility index (Phi) is 4.91. The van der Waals surface area contributed by atoms with Gasteiger partial charge in [0.25, 0.3) is 5.91 Å². The number of amides is 1. The van der Waals surface area contributed by atoms with E-state index in [-0.39, 0.29) is 5.91 Å². The van der Waals surface area contributed by atoms with Gasteiger partial charge in [0.1, 0.15) is 0 Å². The molecule has 0 spiro atoms. The molecule has 2 aromatic carbocycles. The van der Waals surface area contributed by atoms with E-state index in [1.165, 1.54) is 22.5 Å². The fourth-order valence-corrected chi connectivity index (χ4v) is 4.33. The van der Waals surface area contributed by atoms with Crippen LogP contribution in [0.15, 0.2) is 72.8 Å². The molecule has 1 amide bonds. The summed E-state index contributed by atoms with van der Waals surface area (Å²) in [5.74, 6) is 0.103. The van der Waals surface area contributed by atoms with Gasteiger partial charge in [-0.25, -0.2) is 0 Å². The Morgan fingerprint density at radius 1 is 0.962 bits per heavy atom. The Hall–Kier alpha value is -2.36. The molecule has 3 aromatic rings. The van der Waals surface area contributed by atoms with Crippen molar-refractivity contribution in [1.82, 2.24) is 4.90 Å². The van der Waals surface area contributed by atoms with Crippen molar-refractivity contribution in [3.63, 3.8) is 0 Å². The Labute approximate surface area is 162 Å². The molecule has 0 atom stereocenters. The monoisotopic (exact) mass is 379 g/mol. The molecule has 0 unspecified atom stereocenters.